The van der Waals surface area contributed by atoms with Gasteiger partial charge in [-0.2, -0.15) is 0 Å². The Morgan fingerprint density at radius 2 is 1.95 bits per heavy atom. The maximum atomic E-state index is 11.5. The molecule has 0 aromatic heterocycles. The van der Waals surface area contributed by atoms with E-state index >= 15 is 0 Å². The highest BCUT2D eigenvalue weighted by Gasteiger charge is 2.26. The molecule has 0 amide bonds. The summed E-state index contributed by atoms with van der Waals surface area (Å²) >= 11 is 6.10. The van der Waals surface area contributed by atoms with Crippen LogP contribution in [0.5, 0.6) is 0 Å². The van der Waals surface area contributed by atoms with Crippen LogP contribution in [0.15, 0.2) is 0 Å². The zero-order valence-corrected chi connectivity index (χ0v) is 13.2. The van der Waals surface area contributed by atoms with Crippen molar-refractivity contribution < 1.29 is 8.42 Å². The van der Waals surface area contributed by atoms with E-state index in [4.69, 9.17) is 11.6 Å². The molecule has 3 unspecified atom stereocenters. The standard InChI is InChI=1S/C13H25ClN2O2S/c1-19(17,18)16-6-2-3-12(10-16)9-15-8-11-4-5-13(14)7-11/h11-13,15H,2-10H2,1H3. The molecule has 1 heterocycles. The minimum atomic E-state index is -3.02. The molecule has 1 aliphatic heterocycles. The monoisotopic (exact) mass is 308 g/mol. The second-order valence-corrected chi connectivity index (χ2v) is 8.66. The summed E-state index contributed by atoms with van der Waals surface area (Å²) in [6.45, 7) is 3.31. The van der Waals surface area contributed by atoms with Gasteiger partial charge in [-0.25, -0.2) is 12.7 Å². The van der Waals surface area contributed by atoms with Crippen molar-refractivity contribution in [2.75, 3.05) is 32.4 Å². The Balaban J connectivity index is 1.68. The highest BCUT2D eigenvalue weighted by molar-refractivity contribution is 7.88. The first-order chi connectivity index (χ1) is 8.95. The van der Waals surface area contributed by atoms with Crippen LogP contribution in [0.4, 0.5) is 0 Å². The maximum Gasteiger partial charge on any atom is 0.211 e. The highest BCUT2D eigenvalue weighted by Crippen LogP contribution is 2.28. The van der Waals surface area contributed by atoms with Crippen LogP contribution in [0.2, 0.25) is 0 Å². The summed E-state index contributed by atoms with van der Waals surface area (Å²) in [5.74, 6) is 1.16. The van der Waals surface area contributed by atoms with E-state index in [1.54, 1.807) is 4.31 Å². The fourth-order valence-electron chi connectivity index (χ4n) is 3.19. The number of nitrogens with one attached hydrogen (secondary N) is 1. The maximum absolute atomic E-state index is 11.5. The van der Waals surface area contributed by atoms with Crippen molar-refractivity contribution in [3.63, 3.8) is 0 Å². The fraction of sp³-hybridized carbons (Fsp3) is 1.00. The van der Waals surface area contributed by atoms with Gasteiger partial charge in [0, 0.05) is 18.5 Å². The molecule has 0 aromatic carbocycles. The smallest absolute Gasteiger partial charge is 0.211 e. The summed E-state index contributed by atoms with van der Waals surface area (Å²) in [5, 5.41) is 3.87. The van der Waals surface area contributed by atoms with Gasteiger partial charge in [0.15, 0.2) is 0 Å². The number of nitrogens with zero attached hydrogens (tertiary/aromatic N) is 1. The zero-order chi connectivity index (χ0) is 13.9. The molecule has 1 aliphatic carbocycles. The predicted molar refractivity (Wildman–Crippen MR) is 79.0 cm³/mol. The molecule has 6 heteroatoms. The second-order valence-electron chi connectivity index (χ2n) is 6.06. The van der Waals surface area contributed by atoms with E-state index < -0.39 is 10.0 Å². The lowest BCUT2D eigenvalue weighted by Crippen LogP contribution is -2.42. The molecule has 19 heavy (non-hydrogen) atoms. The van der Waals surface area contributed by atoms with Crippen LogP contribution in [0, 0.1) is 11.8 Å². The van der Waals surface area contributed by atoms with Crippen molar-refractivity contribution >= 4 is 21.6 Å². The normalized spacial score (nSPS) is 33.7. The van der Waals surface area contributed by atoms with Crippen LogP contribution in [0.25, 0.3) is 0 Å². The van der Waals surface area contributed by atoms with Crippen molar-refractivity contribution in [3.8, 4) is 0 Å². The topological polar surface area (TPSA) is 49.4 Å². The first kappa shape index (κ1) is 15.5. The van der Waals surface area contributed by atoms with Crippen LogP contribution in [-0.2, 0) is 10.0 Å². The largest absolute Gasteiger partial charge is 0.316 e. The van der Waals surface area contributed by atoms with Crippen molar-refractivity contribution in [2.45, 2.75) is 37.5 Å². The number of rotatable bonds is 5. The molecule has 0 aromatic rings. The van der Waals surface area contributed by atoms with Gasteiger partial charge < -0.3 is 5.32 Å². The fourth-order valence-corrected chi connectivity index (χ4v) is 4.51. The molecule has 112 valence electrons. The Kier molecular flexibility index (Phi) is 5.52. The van der Waals surface area contributed by atoms with E-state index in [2.05, 4.69) is 5.32 Å². The van der Waals surface area contributed by atoms with Crippen molar-refractivity contribution in [1.29, 1.82) is 0 Å². The summed E-state index contributed by atoms with van der Waals surface area (Å²) in [5.41, 5.74) is 0. The number of alkyl halides is 1. The molecule has 1 saturated carbocycles. The van der Waals surface area contributed by atoms with E-state index in [0.717, 1.165) is 38.8 Å². The molecule has 1 saturated heterocycles. The van der Waals surface area contributed by atoms with Crippen LogP contribution in [0.3, 0.4) is 0 Å². The zero-order valence-electron chi connectivity index (χ0n) is 11.6. The minimum Gasteiger partial charge on any atom is -0.316 e. The molecule has 2 fully saturated rings. The Hall–Kier alpha value is 0.160. The van der Waals surface area contributed by atoms with Gasteiger partial charge in [-0.15, -0.1) is 11.6 Å². The number of halogens is 1. The molecule has 2 aliphatic rings. The number of hydrogen-bond acceptors (Lipinski definition) is 3. The molecule has 4 nitrogen and oxygen atoms in total. The molecular formula is C13H25ClN2O2S. The Labute approximate surface area is 121 Å². The summed E-state index contributed by atoms with van der Waals surface area (Å²) in [7, 11) is -3.02. The third-order valence-corrected chi connectivity index (χ3v) is 5.96. The van der Waals surface area contributed by atoms with E-state index in [-0.39, 0.29) is 0 Å². The van der Waals surface area contributed by atoms with Gasteiger partial charge >= 0.3 is 0 Å². The van der Waals surface area contributed by atoms with Gasteiger partial charge in [0.1, 0.15) is 0 Å². The third-order valence-electron chi connectivity index (χ3n) is 4.29. The van der Waals surface area contributed by atoms with Gasteiger partial charge in [0.05, 0.1) is 6.26 Å². The second kappa shape index (κ2) is 6.74. The van der Waals surface area contributed by atoms with Crippen molar-refractivity contribution in [2.24, 2.45) is 11.8 Å². The quantitative estimate of drug-likeness (QED) is 0.786. The van der Waals surface area contributed by atoms with Crippen LogP contribution in [-0.4, -0.2) is 50.5 Å². The summed E-state index contributed by atoms with van der Waals surface area (Å²) in [6.07, 6.45) is 6.89. The van der Waals surface area contributed by atoms with Gasteiger partial charge in [-0.3, -0.25) is 0 Å². The number of hydrogen-bond donors (Lipinski definition) is 1. The lowest BCUT2D eigenvalue weighted by molar-refractivity contribution is 0.258. The van der Waals surface area contributed by atoms with Crippen LogP contribution in [0.1, 0.15) is 32.1 Å². The molecular weight excluding hydrogens is 284 g/mol. The van der Waals surface area contributed by atoms with Crippen LogP contribution < -0.4 is 5.32 Å². The molecule has 1 N–H and O–H groups in total. The summed E-state index contributed by atoms with van der Waals surface area (Å²) in [4.78, 5) is 0. The SMILES string of the molecule is CS(=O)(=O)N1CCCC(CNCC2CCC(Cl)C2)C1. The van der Waals surface area contributed by atoms with Crippen LogP contribution >= 0.6 is 11.6 Å². The van der Waals surface area contributed by atoms with Gasteiger partial charge in [-0.1, -0.05) is 0 Å². The minimum absolute atomic E-state index is 0.363. The third kappa shape index (κ3) is 4.88. The summed E-state index contributed by atoms with van der Waals surface area (Å²) in [6, 6.07) is 0. The first-order valence-electron chi connectivity index (χ1n) is 7.25. The Morgan fingerprint density at radius 1 is 1.21 bits per heavy atom. The van der Waals surface area contributed by atoms with Crippen molar-refractivity contribution in [1.82, 2.24) is 9.62 Å². The Morgan fingerprint density at radius 3 is 2.58 bits per heavy atom. The molecule has 0 bridgehead atoms. The van der Waals surface area contributed by atoms with E-state index in [1.165, 1.54) is 12.7 Å². The number of piperidine rings is 1. The molecule has 3 atom stereocenters. The average molecular weight is 309 g/mol. The average Bonchev–Trinajstić information content (AvgIpc) is 2.74. The molecule has 0 spiro atoms. The van der Waals surface area contributed by atoms with Crippen molar-refractivity contribution in [3.05, 3.63) is 0 Å². The first-order valence-corrected chi connectivity index (χ1v) is 9.53. The van der Waals surface area contributed by atoms with E-state index in [9.17, 15) is 8.42 Å². The Bertz CT molecular complexity index is 388. The predicted octanol–water partition coefficient (Wildman–Crippen LogP) is 1.66. The van der Waals surface area contributed by atoms with Gasteiger partial charge in [0.25, 0.3) is 0 Å². The lowest BCUT2D eigenvalue weighted by atomic mass is 9.99. The lowest BCUT2D eigenvalue weighted by Gasteiger charge is -2.31. The van der Waals surface area contributed by atoms with E-state index in [1.807, 2.05) is 0 Å². The molecule has 2 rings (SSSR count). The van der Waals surface area contributed by atoms with Gasteiger partial charge in [-0.05, 0) is 57.0 Å². The molecule has 0 radical (unpaired) electrons. The highest BCUT2D eigenvalue weighted by atomic mass is 35.5. The number of sulfonamides is 1. The van der Waals surface area contributed by atoms with E-state index in [0.29, 0.717) is 30.3 Å². The summed E-state index contributed by atoms with van der Waals surface area (Å²) < 4.78 is 24.7. The van der Waals surface area contributed by atoms with Gasteiger partial charge in [0.2, 0.25) is 10.0 Å².